The molecule has 166 valence electrons. The van der Waals surface area contributed by atoms with Crippen molar-refractivity contribution in [3.05, 3.63) is 59.7 Å². The van der Waals surface area contributed by atoms with Crippen molar-refractivity contribution in [2.24, 2.45) is 5.92 Å². The van der Waals surface area contributed by atoms with E-state index in [2.05, 4.69) is 10.6 Å². The van der Waals surface area contributed by atoms with Crippen LogP contribution in [0.15, 0.2) is 42.5 Å². The Morgan fingerprint density at radius 2 is 1.58 bits per heavy atom. The number of ether oxygens (including phenoxy) is 1. The average molecular weight is 433 g/mol. The average Bonchev–Trinajstić information content (AvgIpc) is 2.70. The summed E-state index contributed by atoms with van der Waals surface area (Å²) in [6.45, 7) is 3.27. The van der Waals surface area contributed by atoms with Crippen LogP contribution >= 0.6 is 0 Å². The summed E-state index contributed by atoms with van der Waals surface area (Å²) in [5, 5.41) is 5.04. The number of anilines is 1. The van der Waals surface area contributed by atoms with E-state index >= 15 is 0 Å². The number of nitrogens with one attached hydrogen (secondary N) is 2. The minimum Gasteiger partial charge on any atom is -0.484 e. The fourth-order valence-electron chi connectivity index (χ4n) is 2.59. The van der Waals surface area contributed by atoms with Crippen LogP contribution in [0, 0.1) is 17.6 Å². The second-order valence-electron chi connectivity index (χ2n) is 7.38. The van der Waals surface area contributed by atoms with Crippen LogP contribution in [0.5, 0.6) is 5.75 Å². The number of carbonyl (C=O) groups excluding carboxylic acids is 3. The highest BCUT2D eigenvalue weighted by molar-refractivity contribution is 6.01. The Hall–Kier alpha value is -3.49. The fraction of sp³-hybridized carbons (Fsp3) is 0.318. The third-order valence-corrected chi connectivity index (χ3v) is 4.41. The third kappa shape index (κ3) is 6.50. The van der Waals surface area contributed by atoms with Gasteiger partial charge in [0.05, 0.1) is 0 Å². The molecule has 0 saturated carbocycles. The van der Waals surface area contributed by atoms with Gasteiger partial charge >= 0.3 is 0 Å². The number of nitrogens with zero attached hydrogens (tertiary/aromatic N) is 1. The van der Waals surface area contributed by atoms with Crippen molar-refractivity contribution in [3.63, 3.8) is 0 Å². The van der Waals surface area contributed by atoms with Crippen molar-refractivity contribution in [1.29, 1.82) is 0 Å². The molecule has 0 radical (unpaired) electrons. The molecule has 7 nitrogen and oxygen atoms in total. The van der Waals surface area contributed by atoms with E-state index < -0.39 is 35.1 Å². The monoisotopic (exact) mass is 433 g/mol. The smallest absolute Gasteiger partial charge is 0.259 e. The maximum Gasteiger partial charge on any atom is 0.259 e. The van der Waals surface area contributed by atoms with Crippen LogP contribution in [0.25, 0.3) is 0 Å². The van der Waals surface area contributed by atoms with Gasteiger partial charge in [0.1, 0.15) is 29.0 Å². The first-order chi connectivity index (χ1) is 14.6. The molecule has 0 aliphatic heterocycles. The molecular weight excluding hydrogens is 408 g/mol. The van der Waals surface area contributed by atoms with E-state index in [-0.39, 0.29) is 18.4 Å². The van der Waals surface area contributed by atoms with E-state index in [9.17, 15) is 23.2 Å². The number of halogens is 2. The first-order valence-electron chi connectivity index (χ1n) is 9.59. The molecule has 0 saturated heterocycles. The molecule has 0 aromatic heterocycles. The summed E-state index contributed by atoms with van der Waals surface area (Å²) in [5.74, 6) is -3.68. The molecule has 1 atom stereocenters. The zero-order valence-electron chi connectivity index (χ0n) is 17.7. The van der Waals surface area contributed by atoms with Gasteiger partial charge in [-0.05, 0) is 42.3 Å². The minimum absolute atomic E-state index is 0.118. The van der Waals surface area contributed by atoms with Crippen LogP contribution in [0.1, 0.15) is 24.2 Å². The first-order valence-corrected chi connectivity index (χ1v) is 9.59. The molecule has 2 aromatic rings. The van der Waals surface area contributed by atoms with Crippen LogP contribution in [0.4, 0.5) is 14.5 Å². The molecule has 31 heavy (non-hydrogen) atoms. The molecule has 3 amide bonds. The van der Waals surface area contributed by atoms with Gasteiger partial charge < -0.3 is 20.3 Å². The molecule has 2 N–H and O–H groups in total. The predicted octanol–water partition coefficient (Wildman–Crippen LogP) is 2.82. The lowest BCUT2D eigenvalue weighted by Gasteiger charge is -2.22. The number of benzene rings is 2. The maximum absolute atomic E-state index is 13.9. The van der Waals surface area contributed by atoms with Crippen molar-refractivity contribution < 1.29 is 27.9 Å². The highest BCUT2D eigenvalue weighted by atomic mass is 19.1. The highest BCUT2D eigenvalue weighted by Gasteiger charge is 2.27. The Kier molecular flexibility index (Phi) is 8.07. The number of carbonyl (C=O) groups is 3. The zero-order valence-corrected chi connectivity index (χ0v) is 17.7. The Bertz CT molecular complexity index is 926. The van der Waals surface area contributed by atoms with E-state index in [1.807, 2.05) is 0 Å². The van der Waals surface area contributed by atoms with E-state index in [4.69, 9.17) is 4.74 Å². The predicted molar refractivity (Wildman–Crippen MR) is 112 cm³/mol. The van der Waals surface area contributed by atoms with Gasteiger partial charge in [-0.3, -0.25) is 14.4 Å². The van der Waals surface area contributed by atoms with Crippen molar-refractivity contribution in [3.8, 4) is 5.75 Å². The Morgan fingerprint density at radius 3 is 2.10 bits per heavy atom. The maximum atomic E-state index is 13.9. The number of amides is 3. The molecule has 0 aliphatic carbocycles. The largest absolute Gasteiger partial charge is 0.484 e. The highest BCUT2D eigenvalue weighted by Crippen LogP contribution is 2.18. The molecule has 0 bridgehead atoms. The van der Waals surface area contributed by atoms with Gasteiger partial charge in [-0.1, -0.05) is 19.9 Å². The SMILES string of the molecule is CC(C)C(NC(=O)c1c(F)cccc1F)C(=O)Nc1ccc(OCC(=O)N(C)C)cc1. The van der Waals surface area contributed by atoms with Crippen LogP contribution in [0.3, 0.4) is 0 Å². The van der Waals surface area contributed by atoms with Gasteiger partial charge in [0.2, 0.25) is 5.91 Å². The van der Waals surface area contributed by atoms with Crippen molar-refractivity contribution in [2.75, 3.05) is 26.0 Å². The molecule has 0 fully saturated rings. The topological polar surface area (TPSA) is 87.7 Å². The van der Waals surface area contributed by atoms with Crippen molar-refractivity contribution in [1.82, 2.24) is 10.2 Å². The quantitative estimate of drug-likeness (QED) is 0.670. The molecule has 9 heteroatoms. The summed E-state index contributed by atoms with van der Waals surface area (Å²) in [6.07, 6.45) is 0. The number of hydrogen-bond acceptors (Lipinski definition) is 4. The number of likely N-dealkylation sites (N-methyl/N-ethyl adjacent to an activating group) is 1. The van der Waals surface area contributed by atoms with E-state index in [0.29, 0.717) is 11.4 Å². The Balaban J connectivity index is 2.04. The summed E-state index contributed by atoms with van der Waals surface area (Å²) >= 11 is 0. The molecule has 0 spiro atoms. The summed E-state index contributed by atoms with van der Waals surface area (Å²) < 4.78 is 33.1. The van der Waals surface area contributed by atoms with E-state index in [0.717, 1.165) is 18.2 Å². The molecule has 2 rings (SSSR count). The van der Waals surface area contributed by atoms with E-state index in [1.165, 1.54) is 4.90 Å². The molecular formula is C22H25F2N3O4. The molecule has 0 aliphatic rings. The van der Waals surface area contributed by atoms with Gasteiger partial charge in [0, 0.05) is 19.8 Å². The van der Waals surface area contributed by atoms with Gasteiger partial charge in [-0.2, -0.15) is 0 Å². The van der Waals surface area contributed by atoms with E-state index in [1.54, 1.807) is 52.2 Å². The van der Waals surface area contributed by atoms with Crippen LogP contribution < -0.4 is 15.4 Å². The minimum atomic E-state index is -1.03. The first kappa shape index (κ1) is 23.8. The molecule has 1 unspecified atom stereocenters. The van der Waals surface area contributed by atoms with Crippen LogP contribution in [-0.2, 0) is 9.59 Å². The van der Waals surface area contributed by atoms with Crippen LogP contribution in [-0.4, -0.2) is 49.4 Å². The van der Waals surface area contributed by atoms with Gasteiger partial charge in [0.25, 0.3) is 11.8 Å². The summed E-state index contributed by atoms with van der Waals surface area (Å²) in [5.41, 5.74) is -0.317. The Morgan fingerprint density at radius 1 is 1.00 bits per heavy atom. The number of hydrogen-bond donors (Lipinski definition) is 2. The van der Waals surface area contributed by atoms with Crippen molar-refractivity contribution >= 4 is 23.4 Å². The molecule has 2 aromatic carbocycles. The summed E-state index contributed by atoms with van der Waals surface area (Å²) in [7, 11) is 3.24. The Labute approximate surface area is 179 Å². The summed E-state index contributed by atoms with van der Waals surface area (Å²) in [4.78, 5) is 38.0. The van der Waals surface area contributed by atoms with Crippen molar-refractivity contribution in [2.45, 2.75) is 19.9 Å². The lowest BCUT2D eigenvalue weighted by Crippen LogP contribution is -2.47. The lowest BCUT2D eigenvalue weighted by molar-refractivity contribution is -0.130. The third-order valence-electron chi connectivity index (χ3n) is 4.41. The van der Waals surface area contributed by atoms with Gasteiger partial charge in [0.15, 0.2) is 6.61 Å². The lowest BCUT2D eigenvalue weighted by atomic mass is 10.0. The van der Waals surface area contributed by atoms with Gasteiger partial charge in [-0.25, -0.2) is 8.78 Å². The fourth-order valence-corrected chi connectivity index (χ4v) is 2.59. The second kappa shape index (κ2) is 10.5. The van der Waals surface area contributed by atoms with Crippen LogP contribution in [0.2, 0.25) is 0 Å². The standard InChI is InChI=1S/C22H25F2N3O4/c1-13(2)20(26-21(29)19-16(23)6-5-7-17(19)24)22(30)25-14-8-10-15(11-9-14)31-12-18(28)27(3)4/h5-11,13,20H,12H2,1-4H3,(H,25,30)(H,26,29). The number of rotatable bonds is 8. The summed E-state index contributed by atoms with van der Waals surface area (Å²) in [6, 6.07) is 8.37. The van der Waals surface area contributed by atoms with Gasteiger partial charge in [-0.15, -0.1) is 0 Å². The molecule has 0 heterocycles. The normalized spacial score (nSPS) is 11.6. The second-order valence-corrected chi connectivity index (χ2v) is 7.38. The zero-order chi connectivity index (χ0) is 23.1.